The first-order valence-electron chi connectivity index (χ1n) is 32.5. The van der Waals surface area contributed by atoms with E-state index >= 15 is 0 Å². The van der Waals surface area contributed by atoms with E-state index < -0.39 is 265 Å². The highest BCUT2D eigenvalue weighted by molar-refractivity contribution is 6.05. The number of nitrogens with zero attached hydrogens (tertiary/aromatic N) is 1. The van der Waals surface area contributed by atoms with Crippen LogP contribution in [0.4, 0.5) is 17.1 Å². The van der Waals surface area contributed by atoms with Crippen LogP contribution in [0.15, 0.2) is 236 Å². The van der Waals surface area contributed by atoms with Crippen LogP contribution in [0.1, 0.15) is 42.5 Å². The minimum absolute atomic E-state index is 0.194. The molecule has 1 nitrogen and oxygen atoms in total. The van der Waals surface area contributed by atoms with E-state index in [4.69, 9.17) is 31.5 Å². The second-order valence-corrected chi connectivity index (χ2v) is 12.1. The molecule has 57 heavy (non-hydrogen) atoms. The van der Waals surface area contributed by atoms with Gasteiger partial charge in [-0.05, 0) is 114 Å². The molecule has 0 unspecified atom stereocenters. The minimum Gasteiger partial charge on any atom is -0.310 e. The van der Waals surface area contributed by atoms with Crippen molar-refractivity contribution in [3.8, 4) is 55.6 Å². The molecule has 0 aliphatic rings. The minimum atomic E-state index is -0.979. The predicted octanol–water partition coefficient (Wildman–Crippen LogP) is 15.8. The molecule has 1 heteroatoms. The first-order chi connectivity index (χ1) is 41.1. The van der Waals surface area contributed by atoms with Crippen molar-refractivity contribution < 1.29 is 42.5 Å². The number of hydrogen-bond acceptors (Lipinski definition) is 1. The molecule has 0 spiro atoms. The second-order valence-electron chi connectivity index (χ2n) is 12.1. The van der Waals surface area contributed by atoms with Crippen LogP contribution in [-0.2, 0) is 0 Å². The van der Waals surface area contributed by atoms with Gasteiger partial charge in [-0.3, -0.25) is 0 Å². The molecule has 268 valence electrons. The number of benzene rings is 10. The Morgan fingerprint density at radius 2 is 0.825 bits per heavy atom. The third kappa shape index (κ3) is 6.56. The molecule has 0 saturated heterocycles. The molecular formula is C56H39N. The molecule has 0 aliphatic carbocycles. The lowest BCUT2D eigenvalue weighted by Crippen LogP contribution is -2.10. The second kappa shape index (κ2) is 15.0. The maximum absolute atomic E-state index is 10.1. The van der Waals surface area contributed by atoms with Crippen LogP contribution < -0.4 is 4.90 Å². The first-order valence-corrected chi connectivity index (χ1v) is 17.0. The summed E-state index contributed by atoms with van der Waals surface area (Å²) in [6, 6.07) is -16.0. The highest BCUT2D eigenvalue weighted by Crippen LogP contribution is 2.43. The van der Waals surface area contributed by atoms with Crippen molar-refractivity contribution in [2.24, 2.45) is 0 Å². The van der Waals surface area contributed by atoms with Gasteiger partial charge in [0.2, 0.25) is 0 Å². The third-order valence-corrected chi connectivity index (χ3v) is 8.88. The van der Waals surface area contributed by atoms with Gasteiger partial charge in [-0.15, -0.1) is 0 Å². The van der Waals surface area contributed by atoms with Crippen molar-refractivity contribution in [3.63, 3.8) is 0 Å². The fraction of sp³-hybridized carbons (Fsp3) is 0. The number of hydrogen-bond donors (Lipinski definition) is 0. The van der Waals surface area contributed by atoms with Crippen LogP contribution >= 0.6 is 0 Å². The standard InChI is InChI=1S/C56H39N/c1-4-15-40(16-5-1)51-37-38-52(55-25-13-12-24-54(51)55)45-29-33-47(34-30-45)57(46-31-27-44(28-32-46)50-26-14-22-42-21-10-11-23-49(42)50)48-35-36-53(41-17-6-2-7-18-41)56(39-48)43-19-8-3-9-20-43/h1-39H/i1D,2D,3D,4D,5D,6D,7D,8D,9D,10D,11D,12D,13D,14D,15D,16D,17D,18D,19D,21D,22D,23D,26D,27D,29D,30D,31D,32D,37D,38D,39D. The van der Waals surface area contributed by atoms with Gasteiger partial charge in [0, 0.05) is 17.1 Å². The zero-order chi connectivity index (χ0) is 64.9. The Morgan fingerprint density at radius 1 is 0.263 bits per heavy atom. The summed E-state index contributed by atoms with van der Waals surface area (Å²) in [6.45, 7) is 0. The fourth-order valence-electron chi connectivity index (χ4n) is 6.30. The Morgan fingerprint density at radius 3 is 1.56 bits per heavy atom. The summed E-state index contributed by atoms with van der Waals surface area (Å²) in [6.07, 6.45) is 0. The summed E-state index contributed by atoms with van der Waals surface area (Å²) >= 11 is 0. The molecule has 10 aromatic rings. The van der Waals surface area contributed by atoms with Crippen LogP contribution in [0.25, 0.3) is 77.2 Å². The third-order valence-electron chi connectivity index (χ3n) is 8.88. The molecule has 0 aromatic heterocycles. The molecule has 10 aromatic carbocycles. The van der Waals surface area contributed by atoms with Gasteiger partial charge in [-0.25, -0.2) is 0 Å². The van der Waals surface area contributed by atoms with E-state index in [2.05, 4.69) is 0 Å². The smallest absolute Gasteiger partial charge is 0.0652 e. The van der Waals surface area contributed by atoms with Gasteiger partial charge in [0.05, 0.1) is 42.5 Å². The van der Waals surface area contributed by atoms with Crippen molar-refractivity contribution in [3.05, 3.63) is 236 Å². The summed E-state index contributed by atoms with van der Waals surface area (Å²) in [4.78, 5) is 0.898. The molecule has 0 atom stereocenters. The van der Waals surface area contributed by atoms with Crippen LogP contribution in [0, 0.1) is 0 Å². The largest absolute Gasteiger partial charge is 0.310 e. The molecule has 0 N–H and O–H groups in total. The molecule has 0 radical (unpaired) electrons. The monoisotopic (exact) mass is 757 g/mol. The number of fused-ring (bicyclic) bond motifs is 2. The normalized spacial score (nSPS) is 18.8. The van der Waals surface area contributed by atoms with Gasteiger partial charge >= 0.3 is 0 Å². The predicted molar refractivity (Wildman–Crippen MR) is 243 cm³/mol. The molecule has 0 saturated carbocycles. The molecule has 0 bridgehead atoms. The summed E-state index contributed by atoms with van der Waals surface area (Å²) < 4.78 is 276. The van der Waals surface area contributed by atoms with Crippen molar-refractivity contribution in [1.82, 2.24) is 0 Å². The summed E-state index contributed by atoms with van der Waals surface area (Å²) in [5.74, 6) is 0. The highest BCUT2D eigenvalue weighted by Gasteiger charge is 2.18. The van der Waals surface area contributed by atoms with E-state index in [1.165, 1.54) is 0 Å². The Labute approximate surface area is 378 Å². The summed E-state index contributed by atoms with van der Waals surface area (Å²) in [5.41, 5.74) is -6.47. The topological polar surface area (TPSA) is 3.24 Å². The zero-order valence-corrected chi connectivity index (χ0v) is 29.1. The lowest BCUT2D eigenvalue weighted by molar-refractivity contribution is 1.28. The van der Waals surface area contributed by atoms with Gasteiger partial charge in [0.1, 0.15) is 0 Å². The lowest BCUT2D eigenvalue weighted by atomic mass is 9.92. The maximum atomic E-state index is 10.1. The van der Waals surface area contributed by atoms with E-state index in [1.807, 2.05) is 0 Å². The zero-order valence-electron chi connectivity index (χ0n) is 60.1. The summed E-state index contributed by atoms with van der Waals surface area (Å²) in [7, 11) is 0. The van der Waals surface area contributed by atoms with E-state index in [0.29, 0.717) is 0 Å². The Hall–Kier alpha value is -7.48. The van der Waals surface area contributed by atoms with Crippen LogP contribution in [0.3, 0.4) is 0 Å². The van der Waals surface area contributed by atoms with Gasteiger partial charge in [-0.2, -0.15) is 0 Å². The SMILES string of the molecule is [2H]c1cc2c(-c3c([2H])cc(N(c4ccc(-c5c([2H])c([2H])c([2H])c([2H])c5[2H])c(-c5cc([2H])c([2H])c([2H])c5[2H])c4[2H])c4c([2H])cc(-c5c([2H])c([2H])c([2H])c6c([2H])c([2H])c([2H])c([2H])c56)c([2H])c4[2H])cc3[2H])c([2H])c([2H])c(-c3c([2H])c([2H])c([2H])c([2H])c3[2H])c2cc1[2H]. The van der Waals surface area contributed by atoms with Gasteiger partial charge in [0.25, 0.3) is 0 Å². The van der Waals surface area contributed by atoms with Gasteiger partial charge in [0.15, 0.2) is 0 Å². The Balaban J connectivity index is 1.34. The van der Waals surface area contributed by atoms with Crippen molar-refractivity contribution >= 4 is 38.6 Å². The van der Waals surface area contributed by atoms with E-state index in [0.717, 1.165) is 53.4 Å². The average Bonchev–Trinajstić information content (AvgIpc) is 0.828. The van der Waals surface area contributed by atoms with E-state index in [9.17, 15) is 11.0 Å². The Kier molecular flexibility index (Phi) is 3.82. The molecule has 0 fully saturated rings. The van der Waals surface area contributed by atoms with Crippen molar-refractivity contribution in [2.75, 3.05) is 4.90 Å². The summed E-state index contributed by atoms with van der Waals surface area (Å²) in [5, 5.41) is -1.42. The highest BCUT2D eigenvalue weighted by atomic mass is 15.1. The average molecular weight is 757 g/mol. The molecule has 0 heterocycles. The maximum Gasteiger partial charge on any atom is 0.0652 e. The van der Waals surface area contributed by atoms with Crippen molar-refractivity contribution in [1.29, 1.82) is 0 Å². The fourth-order valence-corrected chi connectivity index (χ4v) is 6.30. The first kappa shape index (κ1) is 14.5. The lowest BCUT2D eigenvalue weighted by Gasteiger charge is -2.27. The van der Waals surface area contributed by atoms with Gasteiger partial charge in [-0.1, -0.05) is 200 Å². The van der Waals surface area contributed by atoms with Crippen molar-refractivity contribution in [2.45, 2.75) is 0 Å². The molecular weight excluding hydrogens is 687 g/mol. The van der Waals surface area contributed by atoms with Crippen LogP contribution in [0.5, 0.6) is 0 Å². The number of rotatable bonds is 8. The van der Waals surface area contributed by atoms with Gasteiger partial charge < -0.3 is 4.90 Å². The quantitative estimate of drug-likeness (QED) is 0.149. The Bertz CT molecular complexity index is 4740. The molecule has 0 amide bonds. The van der Waals surface area contributed by atoms with Crippen LogP contribution in [0.2, 0.25) is 0 Å². The number of anilines is 3. The van der Waals surface area contributed by atoms with E-state index in [1.54, 1.807) is 0 Å². The van der Waals surface area contributed by atoms with Crippen LogP contribution in [-0.4, -0.2) is 0 Å². The van der Waals surface area contributed by atoms with E-state index in [-0.39, 0.29) is 16.3 Å². The molecule has 0 aliphatic heterocycles. The molecule has 10 rings (SSSR count).